The fourth-order valence-electron chi connectivity index (χ4n) is 2.88. The van der Waals surface area contributed by atoms with Crippen LogP contribution in [-0.4, -0.2) is 13.0 Å². The molecule has 1 amide bonds. The van der Waals surface area contributed by atoms with Gasteiger partial charge in [-0.15, -0.1) is 0 Å². The predicted molar refractivity (Wildman–Crippen MR) is 122 cm³/mol. The monoisotopic (exact) mass is 432 g/mol. The van der Waals surface area contributed by atoms with Gasteiger partial charge in [-0.05, 0) is 54.0 Å². The number of halogens is 1. The number of nitrogens with one attached hydrogen (secondary N) is 1. The molecular weight excluding hydrogens is 412 g/mol. The summed E-state index contributed by atoms with van der Waals surface area (Å²) >= 11 is 6.10. The van der Waals surface area contributed by atoms with Crippen molar-refractivity contribution >= 4 is 29.3 Å². The van der Waals surface area contributed by atoms with E-state index in [1.165, 1.54) is 6.08 Å². The molecule has 0 heterocycles. The van der Waals surface area contributed by atoms with Crippen LogP contribution in [0.15, 0.2) is 72.3 Å². The molecule has 156 valence electrons. The number of carbonyl (C=O) groups is 1. The van der Waals surface area contributed by atoms with Gasteiger partial charge in [0.15, 0.2) is 11.5 Å². The third kappa shape index (κ3) is 5.65. The fourth-order valence-corrected chi connectivity index (χ4v) is 3.05. The normalized spacial score (nSPS) is 10.8. The Morgan fingerprint density at radius 2 is 1.87 bits per heavy atom. The molecule has 3 aromatic rings. The minimum absolute atomic E-state index is 0.0430. The molecule has 0 saturated carbocycles. The lowest BCUT2D eigenvalue weighted by Crippen LogP contribution is -2.14. The van der Waals surface area contributed by atoms with Crippen molar-refractivity contribution in [2.45, 2.75) is 13.5 Å². The number of nitrogens with zero attached hydrogens (tertiary/aromatic N) is 1. The van der Waals surface area contributed by atoms with Gasteiger partial charge in [0.05, 0.1) is 7.11 Å². The maximum Gasteiger partial charge on any atom is 0.266 e. The quantitative estimate of drug-likeness (QED) is 0.379. The Kier molecular flexibility index (Phi) is 7.31. The molecule has 0 bridgehead atoms. The third-order valence-electron chi connectivity index (χ3n) is 4.62. The first-order valence-corrected chi connectivity index (χ1v) is 9.92. The van der Waals surface area contributed by atoms with Gasteiger partial charge in [0.25, 0.3) is 5.91 Å². The molecule has 0 saturated heterocycles. The zero-order valence-corrected chi connectivity index (χ0v) is 17.9. The van der Waals surface area contributed by atoms with Gasteiger partial charge in [-0.1, -0.05) is 54.1 Å². The number of hydrogen-bond acceptors (Lipinski definition) is 4. The second-order valence-corrected chi connectivity index (χ2v) is 7.13. The molecule has 3 aromatic carbocycles. The Bertz CT molecular complexity index is 1150. The Labute approximate surface area is 186 Å². The second kappa shape index (κ2) is 10.3. The Balaban J connectivity index is 1.82. The SMILES string of the molecule is COc1ccc(/C=C(\C#N)C(=O)Nc2cccc(Cl)c2C)cc1OCc1ccccc1. The first-order chi connectivity index (χ1) is 15.0. The highest BCUT2D eigenvalue weighted by molar-refractivity contribution is 6.31. The maximum atomic E-state index is 12.6. The van der Waals surface area contributed by atoms with Gasteiger partial charge in [-0.3, -0.25) is 4.79 Å². The summed E-state index contributed by atoms with van der Waals surface area (Å²) in [4.78, 5) is 12.6. The van der Waals surface area contributed by atoms with Crippen LogP contribution in [0.2, 0.25) is 5.02 Å². The average molecular weight is 433 g/mol. The van der Waals surface area contributed by atoms with Gasteiger partial charge < -0.3 is 14.8 Å². The zero-order valence-electron chi connectivity index (χ0n) is 17.2. The number of anilines is 1. The molecule has 0 aliphatic heterocycles. The van der Waals surface area contributed by atoms with Crippen LogP contribution in [0.4, 0.5) is 5.69 Å². The van der Waals surface area contributed by atoms with Crippen LogP contribution < -0.4 is 14.8 Å². The molecule has 31 heavy (non-hydrogen) atoms. The molecule has 1 N–H and O–H groups in total. The molecule has 0 radical (unpaired) electrons. The van der Waals surface area contributed by atoms with E-state index >= 15 is 0 Å². The minimum Gasteiger partial charge on any atom is -0.493 e. The van der Waals surface area contributed by atoms with Gasteiger partial charge >= 0.3 is 0 Å². The summed E-state index contributed by atoms with van der Waals surface area (Å²) in [5, 5.41) is 12.8. The van der Waals surface area contributed by atoms with E-state index < -0.39 is 5.91 Å². The van der Waals surface area contributed by atoms with E-state index in [2.05, 4.69) is 5.32 Å². The molecule has 0 spiro atoms. The largest absolute Gasteiger partial charge is 0.493 e. The Morgan fingerprint density at radius 3 is 2.58 bits per heavy atom. The molecule has 0 unspecified atom stereocenters. The molecule has 0 atom stereocenters. The van der Waals surface area contributed by atoms with Crippen molar-refractivity contribution in [2.75, 3.05) is 12.4 Å². The third-order valence-corrected chi connectivity index (χ3v) is 5.03. The molecule has 0 aliphatic carbocycles. The zero-order chi connectivity index (χ0) is 22.2. The molecule has 0 aliphatic rings. The molecule has 0 aromatic heterocycles. The van der Waals surface area contributed by atoms with Crippen molar-refractivity contribution in [2.24, 2.45) is 0 Å². The van der Waals surface area contributed by atoms with Gasteiger partial charge in [-0.25, -0.2) is 0 Å². The maximum absolute atomic E-state index is 12.6. The number of methoxy groups -OCH3 is 1. The highest BCUT2D eigenvalue weighted by atomic mass is 35.5. The van der Waals surface area contributed by atoms with E-state index in [1.54, 1.807) is 50.4 Å². The molecule has 0 fully saturated rings. The van der Waals surface area contributed by atoms with Crippen molar-refractivity contribution < 1.29 is 14.3 Å². The number of hydrogen-bond donors (Lipinski definition) is 1. The van der Waals surface area contributed by atoms with Crippen molar-refractivity contribution in [3.05, 3.63) is 94.0 Å². The summed E-state index contributed by atoms with van der Waals surface area (Å²) in [5.41, 5.74) is 2.90. The molecule has 6 heteroatoms. The van der Waals surface area contributed by atoms with Crippen LogP contribution in [0.25, 0.3) is 6.08 Å². The van der Waals surface area contributed by atoms with Crippen LogP contribution in [-0.2, 0) is 11.4 Å². The van der Waals surface area contributed by atoms with E-state index in [9.17, 15) is 10.1 Å². The summed E-state index contributed by atoms with van der Waals surface area (Å²) in [6.07, 6.45) is 1.50. The standard InChI is InChI=1S/C25H21ClN2O3/c1-17-21(26)9-6-10-22(17)28-25(29)20(15-27)13-19-11-12-23(30-2)24(14-19)31-16-18-7-4-3-5-8-18/h3-14H,16H2,1-2H3,(H,28,29)/b20-13+. The summed E-state index contributed by atoms with van der Waals surface area (Å²) in [5.74, 6) is 0.560. The topological polar surface area (TPSA) is 71.3 Å². The minimum atomic E-state index is -0.518. The van der Waals surface area contributed by atoms with Gasteiger partial charge in [0, 0.05) is 10.7 Å². The Morgan fingerprint density at radius 1 is 1.10 bits per heavy atom. The van der Waals surface area contributed by atoms with Crippen LogP contribution in [0.5, 0.6) is 11.5 Å². The van der Waals surface area contributed by atoms with Crippen LogP contribution >= 0.6 is 11.6 Å². The lowest BCUT2D eigenvalue weighted by molar-refractivity contribution is -0.112. The lowest BCUT2D eigenvalue weighted by atomic mass is 10.1. The summed E-state index contributed by atoms with van der Waals surface area (Å²) in [7, 11) is 1.56. The molecule has 5 nitrogen and oxygen atoms in total. The van der Waals surface area contributed by atoms with Crippen LogP contribution in [0, 0.1) is 18.3 Å². The van der Waals surface area contributed by atoms with E-state index in [1.807, 2.05) is 36.4 Å². The van der Waals surface area contributed by atoms with Crippen molar-refractivity contribution in [1.29, 1.82) is 5.26 Å². The van der Waals surface area contributed by atoms with E-state index in [0.717, 1.165) is 11.1 Å². The number of ether oxygens (including phenoxy) is 2. The average Bonchev–Trinajstić information content (AvgIpc) is 2.79. The number of nitriles is 1. The highest BCUT2D eigenvalue weighted by Crippen LogP contribution is 2.30. The first-order valence-electron chi connectivity index (χ1n) is 9.55. The van der Waals surface area contributed by atoms with Crippen molar-refractivity contribution in [3.63, 3.8) is 0 Å². The highest BCUT2D eigenvalue weighted by Gasteiger charge is 2.13. The van der Waals surface area contributed by atoms with Crippen LogP contribution in [0.1, 0.15) is 16.7 Å². The summed E-state index contributed by atoms with van der Waals surface area (Å²) in [6.45, 7) is 2.16. The summed E-state index contributed by atoms with van der Waals surface area (Å²) in [6, 6.07) is 22.1. The molecule has 3 rings (SSSR count). The van der Waals surface area contributed by atoms with Gasteiger partial charge in [-0.2, -0.15) is 5.26 Å². The van der Waals surface area contributed by atoms with Crippen molar-refractivity contribution in [1.82, 2.24) is 0 Å². The van der Waals surface area contributed by atoms with Crippen LogP contribution in [0.3, 0.4) is 0 Å². The smallest absolute Gasteiger partial charge is 0.266 e. The number of benzene rings is 3. The second-order valence-electron chi connectivity index (χ2n) is 6.72. The lowest BCUT2D eigenvalue weighted by Gasteiger charge is -2.12. The summed E-state index contributed by atoms with van der Waals surface area (Å²) < 4.78 is 11.3. The first kappa shape index (κ1) is 21.9. The number of amides is 1. The van der Waals surface area contributed by atoms with Gasteiger partial charge in [0.1, 0.15) is 18.2 Å². The van der Waals surface area contributed by atoms with Gasteiger partial charge in [0.2, 0.25) is 0 Å². The van der Waals surface area contributed by atoms with E-state index in [4.69, 9.17) is 21.1 Å². The van der Waals surface area contributed by atoms with E-state index in [0.29, 0.717) is 34.4 Å². The number of rotatable bonds is 7. The number of carbonyl (C=O) groups excluding carboxylic acids is 1. The van der Waals surface area contributed by atoms with Crippen molar-refractivity contribution in [3.8, 4) is 17.6 Å². The predicted octanol–water partition coefficient (Wildman–Crippen LogP) is 5.78. The fraction of sp³-hybridized carbons (Fsp3) is 0.120. The van der Waals surface area contributed by atoms with E-state index in [-0.39, 0.29) is 5.57 Å². The molecular formula is C25H21ClN2O3. The Hall–Kier alpha value is -3.75.